The van der Waals surface area contributed by atoms with Gasteiger partial charge < -0.3 is 15.5 Å². The number of nitrogens with zero attached hydrogens (tertiary/aromatic N) is 1. The summed E-state index contributed by atoms with van der Waals surface area (Å²) in [6.45, 7) is 2.34. The molecular formula is C21H25FN2O3. The third-order valence-electron chi connectivity index (χ3n) is 5.06. The number of hydrogen-bond donors (Lipinski definition) is 3. The van der Waals surface area contributed by atoms with E-state index in [1.165, 1.54) is 18.2 Å². The normalized spacial score (nSPS) is 17.6. The number of aliphatic hydroxyl groups excluding tert-OH is 1. The van der Waals surface area contributed by atoms with Crippen molar-refractivity contribution >= 4 is 5.91 Å². The number of hydrogen-bond acceptors (Lipinski definition) is 4. The highest BCUT2D eigenvalue weighted by Crippen LogP contribution is 2.29. The first-order valence-corrected chi connectivity index (χ1v) is 9.30. The van der Waals surface area contributed by atoms with Gasteiger partial charge in [0.15, 0.2) is 0 Å². The molecular weight excluding hydrogens is 347 g/mol. The Morgan fingerprint density at radius 3 is 2.70 bits per heavy atom. The Kier molecular flexibility index (Phi) is 6.42. The monoisotopic (exact) mass is 372 g/mol. The Hall–Kier alpha value is -2.44. The molecule has 0 spiro atoms. The highest BCUT2D eigenvalue weighted by molar-refractivity contribution is 5.94. The van der Waals surface area contributed by atoms with Crippen molar-refractivity contribution in [1.82, 2.24) is 10.2 Å². The molecule has 1 unspecified atom stereocenters. The van der Waals surface area contributed by atoms with Gasteiger partial charge >= 0.3 is 0 Å². The number of likely N-dealkylation sites (tertiary alicyclic amines) is 1. The topological polar surface area (TPSA) is 72.8 Å². The molecule has 1 aliphatic rings. The van der Waals surface area contributed by atoms with E-state index in [2.05, 4.69) is 10.2 Å². The molecule has 27 heavy (non-hydrogen) atoms. The maximum atomic E-state index is 13.4. The second-order valence-electron chi connectivity index (χ2n) is 6.86. The number of carbonyl (C=O) groups excluding carboxylic acids is 1. The molecule has 5 nitrogen and oxygen atoms in total. The quantitative estimate of drug-likeness (QED) is 0.729. The molecule has 1 saturated heterocycles. The molecule has 1 aliphatic heterocycles. The van der Waals surface area contributed by atoms with E-state index in [0.717, 1.165) is 25.8 Å². The second kappa shape index (κ2) is 8.97. The molecule has 3 N–H and O–H groups in total. The summed E-state index contributed by atoms with van der Waals surface area (Å²) < 4.78 is 13.4. The number of nitrogens with one attached hydrogen (secondary N) is 1. The van der Waals surface area contributed by atoms with E-state index in [-0.39, 0.29) is 24.3 Å². The van der Waals surface area contributed by atoms with E-state index in [0.29, 0.717) is 29.8 Å². The molecule has 0 radical (unpaired) electrons. The van der Waals surface area contributed by atoms with Gasteiger partial charge in [0.2, 0.25) is 0 Å². The lowest BCUT2D eigenvalue weighted by Gasteiger charge is -2.34. The zero-order valence-electron chi connectivity index (χ0n) is 15.2. The summed E-state index contributed by atoms with van der Waals surface area (Å²) in [4.78, 5) is 14.5. The average Bonchev–Trinajstić information content (AvgIpc) is 2.70. The van der Waals surface area contributed by atoms with Gasteiger partial charge in [-0.3, -0.25) is 9.69 Å². The number of halogens is 1. The number of piperidine rings is 1. The number of phenols is 1. The maximum Gasteiger partial charge on any atom is 0.251 e. The summed E-state index contributed by atoms with van der Waals surface area (Å²) in [7, 11) is 0. The first kappa shape index (κ1) is 19.3. The van der Waals surface area contributed by atoms with Crippen LogP contribution in [0.4, 0.5) is 4.39 Å². The third-order valence-corrected chi connectivity index (χ3v) is 5.06. The zero-order chi connectivity index (χ0) is 19.2. The number of phenolic OH excluding ortho intramolecular Hbond substituents is 1. The number of aromatic hydroxyl groups is 1. The predicted octanol–water partition coefficient (Wildman–Crippen LogP) is 2.77. The van der Waals surface area contributed by atoms with Crippen molar-refractivity contribution in [2.45, 2.75) is 25.3 Å². The predicted molar refractivity (Wildman–Crippen MR) is 102 cm³/mol. The summed E-state index contributed by atoms with van der Waals surface area (Å²) in [5.74, 6) is -0.611. The van der Waals surface area contributed by atoms with Crippen LogP contribution in [0.5, 0.6) is 5.75 Å². The van der Waals surface area contributed by atoms with Gasteiger partial charge in [-0.25, -0.2) is 4.39 Å². The smallest absolute Gasteiger partial charge is 0.251 e. The van der Waals surface area contributed by atoms with Crippen LogP contribution in [0.25, 0.3) is 11.1 Å². The van der Waals surface area contributed by atoms with Crippen molar-refractivity contribution in [3.8, 4) is 16.9 Å². The van der Waals surface area contributed by atoms with E-state index in [9.17, 15) is 19.4 Å². The maximum absolute atomic E-state index is 13.4. The number of carbonyl (C=O) groups is 1. The minimum absolute atomic E-state index is 0.00595. The molecule has 1 heterocycles. The third kappa shape index (κ3) is 4.84. The molecule has 1 atom stereocenters. The first-order valence-electron chi connectivity index (χ1n) is 9.30. The summed E-state index contributed by atoms with van der Waals surface area (Å²) in [6.07, 6.45) is 3.26. The Morgan fingerprint density at radius 1 is 1.19 bits per heavy atom. The van der Waals surface area contributed by atoms with E-state index in [4.69, 9.17) is 0 Å². The molecule has 2 aromatic rings. The van der Waals surface area contributed by atoms with E-state index >= 15 is 0 Å². The van der Waals surface area contributed by atoms with Crippen molar-refractivity contribution in [3.63, 3.8) is 0 Å². The highest BCUT2D eigenvalue weighted by atomic mass is 19.1. The molecule has 144 valence electrons. The molecule has 6 heteroatoms. The summed E-state index contributed by atoms with van der Waals surface area (Å²) in [6, 6.07) is 10.7. The minimum atomic E-state index is -0.427. The molecule has 3 rings (SSSR count). The molecule has 0 bridgehead atoms. The number of rotatable bonds is 6. The van der Waals surface area contributed by atoms with Crippen LogP contribution in [0.3, 0.4) is 0 Å². The lowest BCUT2D eigenvalue weighted by atomic mass is 10.0. The van der Waals surface area contributed by atoms with Gasteiger partial charge in [-0.1, -0.05) is 18.6 Å². The second-order valence-corrected chi connectivity index (χ2v) is 6.86. The van der Waals surface area contributed by atoms with Crippen molar-refractivity contribution in [2.75, 3.05) is 26.2 Å². The van der Waals surface area contributed by atoms with Crippen LogP contribution in [-0.4, -0.2) is 53.3 Å². The molecule has 0 aliphatic carbocycles. The fraction of sp³-hybridized carbons (Fsp3) is 0.381. The van der Waals surface area contributed by atoms with Gasteiger partial charge in [0.1, 0.15) is 11.6 Å². The van der Waals surface area contributed by atoms with Gasteiger partial charge in [0.25, 0.3) is 5.91 Å². The lowest BCUT2D eigenvalue weighted by molar-refractivity contribution is 0.0849. The number of amides is 1. The van der Waals surface area contributed by atoms with Crippen LogP contribution < -0.4 is 5.32 Å². The average molecular weight is 372 g/mol. The van der Waals surface area contributed by atoms with Crippen LogP contribution >= 0.6 is 0 Å². The Labute approximate surface area is 158 Å². The van der Waals surface area contributed by atoms with Crippen LogP contribution in [0.1, 0.15) is 29.6 Å². The Bertz CT molecular complexity index is 779. The largest absolute Gasteiger partial charge is 0.507 e. The van der Waals surface area contributed by atoms with Crippen LogP contribution in [0.2, 0.25) is 0 Å². The van der Waals surface area contributed by atoms with Crippen molar-refractivity contribution in [2.24, 2.45) is 0 Å². The minimum Gasteiger partial charge on any atom is -0.507 e. The van der Waals surface area contributed by atoms with Gasteiger partial charge in [0.05, 0.1) is 6.61 Å². The molecule has 0 aromatic heterocycles. The molecule has 2 aromatic carbocycles. The lowest BCUT2D eigenvalue weighted by Crippen LogP contribution is -2.45. The van der Waals surface area contributed by atoms with E-state index in [1.807, 2.05) is 0 Å². The molecule has 1 amide bonds. The Balaban J connectivity index is 1.57. The first-order chi connectivity index (χ1) is 13.1. The van der Waals surface area contributed by atoms with E-state index < -0.39 is 5.82 Å². The molecule has 0 saturated carbocycles. The van der Waals surface area contributed by atoms with Crippen molar-refractivity contribution in [1.29, 1.82) is 0 Å². The van der Waals surface area contributed by atoms with Gasteiger partial charge in [-0.2, -0.15) is 0 Å². The van der Waals surface area contributed by atoms with Crippen LogP contribution in [0, 0.1) is 5.82 Å². The van der Waals surface area contributed by atoms with Crippen molar-refractivity contribution < 1.29 is 19.4 Å². The summed E-state index contributed by atoms with van der Waals surface area (Å²) in [5, 5.41) is 22.2. The number of aliphatic hydroxyl groups is 1. The highest BCUT2D eigenvalue weighted by Gasteiger charge is 2.21. The fourth-order valence-corrected chi connectivity index (χ4v) is 3.52. The Morgan fingerprint density at radius 2 is 1.96 bits per heavy atom. The molecule has 1 fully saturated rings. The fourth-order valence-electron chi connectivity index (χ4n) is 3.52. The van der Waals surface area contributed by atoms with Crippen LogP contribution in [-0.2, 0) is 0 Å². The van der Waals surface area contributed by atoms with Gasteiger partial charge in [0, 0.05) is 30.3 Å². The van der Waals surface area contributed by atoms with Gasteiger partial charge in [-0.05, 0) is 55.3 Å². The summed E-state index contributed by atoms with van der Waals surface area (Å²) in [5.41, 5.74) is 1.54. The number of benzene rings is 2. The summed E-state index contributed by atoms with van der Waals surface area (Å²) >= 11 is 0. The van der Waals surface area contributed by atoms with Crippen LogP contribution in [0.15, 0.2) is 42.5 Å². The van der Waals surface area contributed by atoms with Gasteiger partial charge in [-0.15, -0.1) is 0 Å². The standard InChI is InChI=1S/C21H25FN2O3/c22-17-8-9-20(26)19(13-17)15-4-6-16(7-5-15)21(27)23-10-12-24-11-2-1-3-18(24)14-25/h4-9,13,18,25-26H,1-3,10-12,14H2,(H,23,27). The van der Waals surface area contributed by atoms with E-state index in [1.54, 1.807) is 24.3 Å². The van der Waals surface area contributed by atoms with Crippen molar-refractivity contribution in [3.05, 3.63) is 53.8 Å². The SMILES string of the molecule is O=C(NCCN1CCCCC1CO)c1ccc(-c2cc(F)ccc2O)cc1. The zero-order valence-corrected chi connectivity index (χ0v) is 15.2.